The standard InChI is InChI=1S/C16H14O2S2/c17-16(7-6-14-5-2-8-19-14)12-3-1-4-13(9-12)18-10-15-11-20-15/h1-9,15H,10-11H2/b7-6+. The maximum absolute atomic E-state index is 12.1. The third-order valence-electron chi connectivity index (χ3n) is 2.90. The van der Waals surface area contributed by atoms with Crippen molar-refractivity contribution in [2.24, 2.45) is 0 Å². The summed E-state index contributed by atoms with van der Waals surface area (Å²) in [6, 6.07) is 11.4. The first-order valence-corrected chi connectivity index (χ1v) is 8.34. The Labute approximate surface area is 126 Å². The molecule has 1 saturated heterocycles. The molecular weight excluding hydrogens is 288 g/mol. The minimum atomic E-state index is 0.00430. The Morgan fingerprint density at radius 2 is 2.25 bits per heavy atom. The van der Waals surface area contributed by atoms with Crippen molar-refractivity contribution in [2.45, 2.75) is 5.25 Å². The fourth-order valence-corrected chi connectivity index (χ4v) is 2.75. The molecule has 2 heterocycles. The molecular formula is C16H14O2S2. The summed E-state index contributed by atoms with van der Waals surface area (Å²) in [7, 11) is 0. The van der Waals surface area contributed by atoms with E-state index in [1.807, 2.05) is 59.6 Å². The lowest BCUT2D eigenvalue weighted by Gasteiger charge is -2.05. The molecule has 2 nitrogen and oxygen atoms in total. The Morgan fingerprint density at radius 1 is 1.35 bits per heavy atom. The van der Waals surface area contributed by atoms with Crippen LogP contribution in [0.2, 0.25) is 0 Å². The SMILES string of the molecule is O=C(/C=C/c1cccs1)c1cccc(OCC2CS2)c1. The predicted molar refractivity (Wildman–Crippen MR) is 85.9 cm³/mol. The maximum atomic E-state index is 12.1. The van der Waals surface area contributed by atoms with Crippen LogP contribution in [0.3, 0.4) is 0 Å². The number of hydrogen-bond acceptors (Lipinski definition) is 4. The average molecular weight is 302 g/mol. The van der Waals surface area contributed by atoms with Gasteiger partial charge in [0.15, 0.2) is 5.78 Å². The van der Waals surface area contributed by atoms with E-state index in [0.29, 0.717) is 10.8 Å². The highest BCUT2D eigenvalue weighted by Gasteiger charge is 2.22. The van der Waals surface area contributed by atoms with Gasteiger partial charge >= 0.3 is 0 Å². The molecule has 2 aromatic rings. The fraction of sp³-hybridized carbons (Fsp3) is 0.188. The van der Waals surface area contributed by atoms with Crippen LogP contribution in [0.25, 0.3) is 6.08 Å². The number of rotatable bonds is 6. The largest absolute Gasteiger partial charge is 0.492 e. The second-order valence-corrected chi connectivity index (χ2v) is 6.82. The molecule has 1 aromatic heterocycles. The molecule has 1 fully saturated rings. The van der Waals surface area contributed by atoms with Crippen LogP contribution < -0.4 is 4.74 Å². The lowest BCUT2D eigenvalue weighted by Crippen LogP contribution is -2.03. The Hall–Kier alpha value is -1.52. The molecule has 0 spiro atoms. The minimum Gasteiger partial charge on any atom is -0.492 e. The maximum Gasteiger partial charge on any atom is 0.186 e. The van der Waals surface area contributed by atoms with Crippen molar-refractivity contribution in [1.82, 2.24) is 0 Å². The summed E-state index contributed by atoms with van der Waals surface area (Å²) >= 11 is 3.52. The van der Waals surface area contributed by atoms with Crippen LogP contribution in [0, 0.1) is 0 Å². The van der Waals surface area contributed by atoms with E-state index in [4.69, 9.17) is 4.74 Å². The zero-order valence-electron chi connectivity index (χ0n) is 10.8. The first kappa shape index (κ1) is 13.5. The molecule has 4 heteroatoms. The normalized spacial score (nSPS) is 17.3. The van der Waals surface area contributed by atoms with Gasteiger partial charge in [0.05, 0.1) is 0 Å². The molecule has 1 aliphatic rings. The topological polar surface area (TPSA) is 26.3 Å². The summed E-state index contributed by atoms with van der Waals surface area (Å²) in [4.78, 5) is 13.2. The first-order valence-electron chi connectivity index (χ1n) is 6.42. The van der Waals surface area contributed by atoms with E-state index < -0.39 is 0 Å². The Kier molecular flexibility index (Phi) is 4.23. The minimum absolute atomic E-state index is 0.00430. The Bertz CT molecular complexity index is 613. The molecule has 102 valence electrons. The van der Waals surface area contributed by atoms with Gasteiger partial charge in [0.2, 0.25) is 0 Å². The summed E-state index contributed by atoms with van der Waals surface area (Å²) in [5.41, 5.74) is 0.666. The number of ketones is 1. The third kappa shape index (κ3) is 3.74. The predicted octanol–water partition coefficient (Wildman–Crippen LogP) is 4.14. The van der Waals surface area contributed by atoms with Crippen LogP contribution in [0.5, 0.6) is 5.75 Å². The van der Waals surface area contributed by atoms with Crippen molar-refractivity contribution in [2.75, 3.05) is 12.4 Å². The number of carbonyl (C=O) groups is 1. The van der Waals surface area contributed by atoms with Crippen molar-refractivity contribution >= 4 is 35.0 Å². The lowest BCUT2D eigenvalue weighted by molar-refractivity contribution is 0.104. The number of thioether (sulfide) groups is 1. The highest BCUT2D eigenvalue weighted by Crippen LogP contribution is 2.30. The molecule has 3 rings (SSSR count). The zero-order chi connectivity index (χ0) is 13.8. The summed E-state index contributed by atoms with van der Waals surface area (Å²) in [6.07, 6.45) is 3.46. The van der Waals surface area contributed by atoms with Gasteiger partial charge in [-0.15, -0.1) is 11.3 Å². The number of allylic oxidation sites excluding steroid dienone is 1. The van der Waals surface area contributed by atoms with Crippen LogP contribution >= 0.6 is 23.1 Å². The van der Waals surface area contributed by atoms with Crippen LogP contribution in [0.15, 0.2) is 47.9 Å². The van der Waals surface area contributed by atoms with Gasteiger partial charge in [-0.05, 0) is 35.7 Å². The van der Waals surface area contributed by atoms with E-state index in [0.717, 1.165) is 17.2 Å². The van der Waals surface area contributed by atoms with Gasteiger partial charge in [-0.1, -0.05) is 18.2 Å². The molecule has 1 aromatic carbocycles. The number of carbonyl (C=O) groups excluding carboxylic acids is 1. The molecule has 20 heavy (non-hydrogen) atoms. The summed E-state index contributed by atoms with van der Waals surface area (Å²) in [5, 5.41) is 2.63. The third-order valence-corrected chi connectivity index (χ3v) is 4.68. The van der Waals surface area contributed by atoms with Crippen molar-refractivity contribution in [3.8, 4) is 5.75 Å². The molecule has 0 bridgehead atoms. The van der Waals surface area contributed by atoms with Gasteiger partial charge < -0.3 is 4.74 Å². The van der Waals surface area contributed by atoms with Crippen LogP contribution in [0.1, 0.15) is 15.2 Å². The number of ether oxygens (including phenoxy) is 1. The van der Waals surface area contributed by atoms with Gasteiger partial charge in [-0.25, -0.2) is 0 Å². The summed E-state index contributed by atoms with van der Waals surface area (Å²) in [6.45, 7) is 0.730. The molecule has 0 amide bonds. The van der Waals surface area contributed by atoms with E-state index in [1.165, 1.54) is 5.75 Å². The van der Waals surface area contributed by atoms with E-state index >= 15 is 0 Å². The molecule has 1 atom stereocenters. The van der Waals surface area contributed by atoms with Gasteiger partial charge in [0.25, 0.3) is 0 Å². The fourth-order valence-electron chi connectivity index (χ4n) is 1.73. The Morgan fingerprint density at radius 3 is 3.00 bits per heavy atom. The van der Waals surface area contributed by atoms with Crippen molar-refractivity contribution in [3.05, 3.63) is 58.3 Å². The van der Waals surface area contributed by atoms with Gasteiger partial charge in [0, 0.05) is 21.4 Å². The molecule has 0 saturated carbocycles. The van der Waals surface area contributed by atoms with E-state index in [-0.39, 0.29) is 5.78 Å². The smallest absolute Gasteiger partial charge is 0.186 e. The van der Waals surface area contributed by atoms with Gasteiger partial charge in [-0.2, -0.15) is 11.8 Å². The Balaban J connectivity index is 1.65. The van der Waals surface area contributed by atoms with Crippen LogP contribution in [-0.2, 0) is 0 Å². The van der Waals surface area contributed by atoms with Crippen molar-refractivity contribution in [1.29, 1.82) is 0 Å². The number of thiophene rings is 1. The number of hydrogen-bond donors (Lipinski definition) is 0. The second kappa shape index (κ2) is 6.29. The van der Waals surface area contributed by atoms with Crippen LogP contribution in [-0.4, -0.2) is 23.4 Å². The molecule has 1 unspecified atom stereocenters. The van der Waals surface area contributed by atoms with Crippen molar-refractivity contribution in [3.63, 3.8) is 0 Å². The molecule has 0 N–H and O–H groups in total. The number of benzene rings is 1. The lowest BCUT2D eigenvalue weighted by atomic mass is 10.1. The van der Waals surface area contributed by atoms with E-state index in [2.05, 4.69) is 0 Å². The first-order chi connectivity index (χ1) is 9.81. The molecule has 1 aliphatic heterocycles. The summed E-state index contributed by atoms with van der Waals surface area (Å²) < 4.78 is 5.68. The summed E-state index contributed by atoms with van der Waals surface area (Å²) in [5.74, 6) is 1.96. The van der Waals surface area contributed by atoms with Crippen LogP contribution in [0.4, 0.5) is 0 Å². The molecule has 0 radical (unpaired) electrons. The highest BCUT2D eigenvalue weighted by molar-refractivity contribution is 8.06. The van der Waals surface area contributed by atoms with Crippen molar-refractivity contribution < 1.29 is 9.53 Å². The second-order valence-electron chi connectivity index (χ2n) is 4.51. The zero-order valence-corrected chi connectivity index (χ0v) is 12.5. The quantitative estimate of drug-likeness (QED) is 0.456. The van der Waals surface area contributed by atoms with Gasteiger partial charge in [-0.3, -0.25) is 4.79 Å². The van der Waals surface area contributed by atoms with E-state index in [1.54, 1.807) is 17.4 Å². The van der Waals surface area contributed by atoms with Gasteiger partial charge in [0.1, 0.15) is 12.4 Å². The highest BCUT2D eigenvalue weighted by atomic mass is 32.2. The monoisotopic (exact) mass is 302 g/mol. The average Bonchev–Trinajstić information content (AvgIpc) is 3.17. The molecule has 0 aliphatic carbocycles. The van der Waals surface area contributed by atoms with E-state index in [9.17, 15) is 4.79 Å².